The van der Waals surface area contributed by atoms with E-state index in [2.05, 4.69) is 23.8 Å². The normalized spacial score (nSPS) is 26.1. The van der Waals surface area contributed by atoms with Gasteiger partial charge in [-0.1, -0.05) is 12.2 Å². The van der Waals surface area contributed by atoms with Crippen molar-refractivity contribution in [2.24, 2.45) is 5.92 Å². The SMILES string of the molecule is C=CCCC(F)(F)CC1CC1(NC(=O)[C@@H]1C[C@@H](O)CN1C(=O)C(CC=C)NC(=O)OC(C)(C)C)C(=O)O. The van der Waals surface area contributed by atoms with Crippen LogP contribution in [0, 0.1) is 5.92 Å². The number of rotatable bonds is 12. The van der Waals surface area contributed by atoms with Gasteiger partial charge in [-0.3, -0.25) is 9.59 Å². The summed E-state index contributed by atoms with van der Waals surface area (Å²) in [5, 5.41) is 24.7. The molecule has 1 heterocycles. The number of aliphatic carboxylic acids is 1. The first kappa shape index (κ1) is 30.2. The fraction of sp³-hybridized carbons (Fsp3) is 0.680. The van der Waals surface area contributed by atoms with Crippen LogP contribution in [0.1, 0.15) is 59.3 Å². The standard InChI is InChI=1S/C25H37F2N3O7/c1-6-8-10-24(26,27)12-15-13-25(15,21(34)35)29-19(32)18-11-16(31)14-30(18)20(33)17(9-7-2)28-22(36)37-23(3,4)5/h6-7,15-18,31H,1-2,8-14H2,3-5H3,(H,28,36)(H,29,32)(H,34,35)/t15?,16-,17?,18+,25?/m1/s1. The number of likely N-dealkylation sites (tertiary alicyclic amines) is 1. The molecule has 0 aromatic carbocycles. The predicted octanol–water partition coefficient (Wildman–Crippen LogP) is 2.37. The lowest BCUT2D eigenvalue weighted by Crippen LogP contribution is -2.56. The van der Waals surface area contributed by atoms with Crippen molar-refractivity contribution >= 4 is 23.9 Å². The highest BCUT2D eigenvalue weighted by Crippen LogP contribution is 2.50. The average molecular weight is 530 g/mol. The number of aliphatic hydroxyl groups is 1. The van der Waals surface area contributed by atoms with Gasteiger partial charge in [0, 0.05) is 31.7 Å². The summed E-state index contributed by atoms with van der Waals surface area (Å²) < 4.78 is 33.7. The van der Waals surface area contributed by atoms with Gasteiger partial charge in [-0.15, -0.1) is 13.2 Å². The molecule has 10 nitrogen and oxygen atoms in total. The van der Waals surface area contributed by atoms with Crippen LogP contribution < -0.4 is 10.6 Å². The Balaban J connectivity index is 2.15. The van der Waals surface area contributed by atoms with E-state index < -0.39 is 77.9 Å². The molecule has 2 aliphatic rings. The molecule has 3 unspecified atom stereocenters. The second-order valence-corrected chi connectivity index (χ2v) is 10.7. The van der Waals surface area contributed by atoms with E-state index in [-0.39, 0.29) is 32.2 Å². The van der Waals surface area contributed by atoms with Gasteiger partial charge in [0.2, 0.25) is 17.7 Å². The molecular weight excluding hydrogens is 492 g/mol. The van der Waals surface area contributed by atoms with Gasteiger partial charge >= 0.3 is 12.1 Å². The molecule has 12 heteroatoms. The fourth-order valence-electron chi connectivity index (χ4n) is 4.47. The van der Waals surface area contributed by atoms with Gasteiger partial charge in [-0.25, -0.2) is 18.4 Å². The molecule has 5 atom stereocenters. The number of alkyl halides is 2. The Labute approximate surface area is 215 Å². The molecule has 37 heavy (non-hydrogen) atoms. The number of aliphatic hydroxyl groups excluding tert-OH is 1. The summed E-state index contributed by atoms with van der Waals surface area (Å²) in [7, 11) is 0. The molecule has 0 spiro atoms. The number of carbonyl (C=O) groups is 4. The molecule has 2 rings (SSSR count). The Hall–Kier alpha value is -3.02. The van der Waals surface area contributed by atoms with Crippen molar-refractivity contribution < 1.29 is 42.9 Å². The number of nitrogens with one attached hydrogen (secondary N) is 2. The maximum absolute atomic E-state index is 14.2. The lowest BCUT2D eigenvalue weighted by molar-refractivity contribution is -0.146. The van der Waals surface area contributed by atoms with E-state index in [0.29, 0.717) is 0 Å². The minimum Gasteiger partial charge on any atom is -0.479 e. The number of ether oxygens (including phenoxy) is 1. The maximum Gasteiger partial charge on any atom is 0.408 e. The van der Waals surface area contributed by atoms with Crippen molar-refractivity contribution in [1.82, 2.24) is 15.5 Å². The van der Waals surface area contributed by atoms with E-state index in [0.717, 1.165) is 4.90 Å². The van der Waals surface area contributed by atoms with Crippen LogP contribution >= 0.6 is 0 Å². The molecule has 1 aliphatic carbocycles. The number of amides is 3. The zero-order valence-corrected chi connectivity index (χ0v) is 21.5. The monoisotopic (exact) mass is 529 g/mol. The molecule has 3 amide bonds. The van der Waals surface area contributed by atoms with Crippen LogP contribution in [0.2, 0.25) is 0 Å². The highest BCUT2D eigenvalue weighted by atomic mass is 19.3. The number of β-amino-alcohol motifs (C(OH)–C–C–N with tert-alkyl or cyclic N) is 1. The number of halogens is 2. The molecule has 4 N–H and O–H groups in total. The van der Waals surface area contributed by atoms with Crippen molar-refractivity contribution in [3.63, 3.8) is 0 Å². The van der Waals surface area contributed by atoms with Crippen LogP contribution in [-0.4, -0.2) is 80.8 Å². The van der Waals surface area contributed by atoms with E-state index in [1.54, 1.807) is 20.8 Å². The summed E-state index contributed by atoms with van der Waals surface area (Å²) in [6.45, 7) is 11.7. The lowest BCUT2D eigenvalue weighted by Gasteiger charge is -2.30. The van der Waals surface area contributed by atoms with Crippen LogP contribution in [0.15, 0.2) is 25.3 Å². The summed E-state index contributed by atoms with van der Waals surface area (Å²) in [6.07, 6.45) is -0.703. The van der Waals surface area contributed by atoms with E-state index in [9.17, 15) is 38.2 Å². The van der Waals surface area contributed by atoms with Gasteiger partial charge in [-0.2, -0.15) is 0 Å². The molecule has 1 saturated heterocycles. The maximum atomic E-state index is 14.2. The van der Waals surface area contributed by atoms with Crippen molar-refractivity contribution in [2.45, 2.75) is 94.5 Å². The zero-order valence-electron chi connectivity index (χ0n) is 21.5. The van der Waals surface area contributed by atoms with E-state index >= 15 is 0 Å². The second kappa shape index (κ2) is 11.6. The molecule has 0 bridgehead atoms. The van der Waals surface area contributed by atoms with Crippen molar-refractivity contribution in [2.75, 3.05) is 6.54 Å². The Bertz CT molecular complexity index is 920. The Morgan fingerprint density at radius 3 is 2.41 bits per heavy atom. The molecule has 0 aromatic rings. The summed E-state index contributed by atoms with van der Waals surface area (Å²) >= 11 is 0. The quantitative estimate of drug-likeness (QED) is 0.284. The third-order valence-corrected chi connectivity index (χ3v) is 6.35. The summed E-state index contributed by atoms with van der Waals surface area (Å²) in [5.74, 6) is -7.14. The number of allylic oxidation sites excluding steroid dienone is 1. The first-order valence-electron chi connectivity index (χ1n) is 12.2. The minimum absolute atomic E-state index is 0.0000603. The van der Waals surface area contributed by atoms with E-state index in [1.807, 2.05) is 0 Å². The summed E-state index contributed by atoms with van der Waals surface area (Å²) in [5.41, 5.74) is -2.71. The number of hydrogen-bond acceptors (Lipinski definition) is 6. The number of carbonyl (C=O) groups excluding carboxylic acids is 3. The average Bonchev–Trinajstić information content (AvgIpc) is 3.28. The highest BCUT2D eigenvalue weighted by Gasteiger charge is 2.64. The van der Waals surface area contributed by atoms with E-state index in [1.165, 1.54) is 12.2 Å². The van der Waals surface area contributed by atoms with Gasteiger partial charge in [0.15, 0.2) is 0 Å². The van der Waals surface area contributed by atoms with Gasteiger partial charge in [0.1, 0.15) is 23.2 Å². The van der Waals surface area contributed by atoms with Crippen LogP contribution in [0.5, 0.6) is 0 Å². The first-order valence-corrected chi connectivity index (χ1v) is 12.2. The summed E-state index contributed by atoms with van der Waals surface area (Å²) in [6, 6.07) is -2.41. The largest absolute Gasteiger partial charge is 0.479 e. The highest BCUT2D eigenvalue weighted by molar-refractivity contribution is 5.96. The van der Waals surface area contributed by atoms with Crippen molar-refractivity contribution in [3.05, 3.63) is 25.3 Å². The third kappa shape index (κ3) is 7.98. The van der Waals surface area contributed by atoms with Gasteiger partial charge in [0.25, 0.3) is 0 Å². The smallest absolute Gasteiger partial charge is 0.408 e. The Kier molecular flexibility index (Phi) is 9.45. The topological polar surface area (TPSA) is 145 Å². The van der Waals surface area contributed by atoms with E-state index in [4.69, 9.17) is 4.74 Å². The Morgan fingerprint density at radius 1 is 1.22 bits per heavy atom. The van der Waals surface area contributed by atoms with Crippen molar-refractivity contribution in [1.29, 1.82) is 0 Å². The molecule has 208 valence electrons. The van der Waals surface area contributed by atoms with Crippen LogP contribution in [0.25, 0.3) is 0 Å². The molecular formula is C25H37F2N3O7. The summed E-state index contributed by atoms with van der Waals surface area (Å²) in [4.78, 5) is 51.6. The number of carboxylic acid groups (broad SMARTS) is 1. The van der Waals surface area contributed by atoms with Crippen LogP contribution in [0.4, 0.5) is 13.6 Å². The van der Waals surface area contributed by atoms with Crippen molar-refractivity contribution in [3.8, 4) is 0 Å². The molecule has 1 saturated carbocycles. The van der Waals surface area contributed by atoms with Crippen LogP contribution in [-0.2, 0) is 19.1 Å². The molecule has 0 aromatic heterocycles. The third-order valence-electron chi connectivity index (χ3n) is 6.35. The number of hydrogen-bond donors (Lipinski definition) is 4. The number of alkyl carbamates (subject to hydrolysis) is 1. The van der Waals surface area contributed by atoms with Gasteiger partial charge in [-0.05, 0) is 40.0 Å². The zero-order chi connectivity index (χ0) is 28.2. The molecule has 1 aliphatic heterocycles. The number of carboxylic acids is 1. The lowest BCUT2D eigenvalue weighted by atomic mass is 10.0. The first-order chi connectivity index (χ1) is 17.0. The fourth-order valence-corrected chi connectivity index (χ4v) is 4.47. The minimum atomic E-state index is -3.13. The number of nitrogens with zero attached hydrogens (tertiary/aromatic N) is 1. The van der Waals surface area contributed by atoms with Crippen LogP contribution in [0.3, 0.4) is 0 Å². The predicted molar refractivity (Wildman–Crippen MR) is 130 cm³/mol. The Morgan fingerprint density at radius 2 is 1.86 bits per heavy atom. The van der Waals surface area contributed by atoms with Gasteiger partial charge < -0.3 is 30.5 Å². The molecule has 2 fully saturated rings. The second-order valence-electron chi connectivity index (χ2n) is 10.7. The molecule has 0 radical (unpaired) electrons. The van der Waals surface area contributed by atoms with Gasteiger partial charge in [0.05, 0.1) is 6.10 Å².